The van der Waals surface area contributed by atoms with Crippen LogP contribution in [0.2, 0.25) is 0 Å². The maximum atomic E-state index is 10.6. The first kappa shape index (κ1) is 16.5. The van der Waals surface area contributed by atoms with Crippen LogP contribution in [0.25, 0.3) is 0 Å². The van der Waals surface area contributed by atoms with Crippen molar-refractivity contribution < 1.29 is 9.84 Å². The van der Waals surface area contributed by atoms with Crippen molar-refractivity contribution >= 4 is 0 Å². The molecule has 0 aliphatic rings. The summed E-state index contributed by atoms with van der Waals surface area (Å²) < 4.78 is 6.09. The third kappa shape index (κ3) is 4.86. The third-order valence-electron chi connectivity index (χ3n) is 3.47. The van der Waals surface area contributed by atoms with Crippen molar-refractivity contribution in [2.75, 3.05) is 6.54 Å². The number of rotatable bonds is 7. The quantitative estimate of drug-likeness (QED) is 0.822. The molecule has 0 aliphatic heterocycles. The predicted molar refractivity (Wildman–Crippen MR) is 90.1 cm³/mol. The molecular weight excluding hydrogens is 274 g/mol. The second-order valence-corrected chi connectivity index (χ2v) is 5.90. The van der Waals surface area contributed by atoms with Gasteiger partial charge in [0.25, 0.3) is 0 Å². The van der Waals surface area contributed by atoms with Gasteiger partial charge in [0, 0.05) is 12.6 Å². The fourth-order valence-corrected chi connectivity index (χ4v) is 2.31. The molecule has 2 rings (SSSR count). The molecule has 22 heavy (non-hydrogen) atoms. The van der Waals surface area contributed by atoms with Crippen LogP contribution in [0.5, 0.6) is 5.75 Å². The molecule has 0 fully saturated rings. The minimum atomic E-state index is -0.620. The first-order valence-electron chi connectivity index (χ1n) is 7.76. The van der Waals surface area contributed by atoms with Crippen LogP contribution in [-0.2, 0) is 0 Å². The van der Waals surface area contributed by atoms with Crippen LogP contribution in [-0.4, -0.2) is 23.8 Å². The largest absolute Gasteiger partial charge is 0.483 e. The van der Waals surface area contributed by atoms with Gasteiger partial charge in [-0.2, -0.15) is 0 Å². The number of aliphatic hydroxyl groups is 1. The van der Waals surface area contributed by atoms with Crippen LogP contribution in [0.4, 0.5) is 0 Å². The van der Waals surface area contributed by atoms with E-state index in [1.54, 1.807) is 0 Å². The summed E-state index contributed by atoms with van der Waals surface area (Å²) in [5.74, 6) is 0.775. The van der Waals surface area contributed by atoms with Crippen molar-refractivity contribution in [3.8, 4) is 5.75 Å². The number of aryl methyl sites for hydroxylation is 1. The average molecular weight is 299 g/mol. The van der Waals surface area contributed by atoms with E-state index in [1.807, 2.05) is 61.5 Å². The number of aliphatic hydroxyl groups excluding tert-OH is 1. The van der Waals surface area contributed by atoms with Gasteiger partial charge in [-0.15, -0.1) is 0 Å². The lowest BCUT2D eigenvalue weighted by Gasteiger charge is -2.26. The van der Waals surface area contributed by atoms with E-state index in [4.69, 9.17) is 4.74 Å². The minimum absolute atomic E-state index is 0.324. The highest BCUT2D eigenvalue weighted by molar-refractivity contribution is 5.29. The molecule has 0 heterocycles. The Balaban J connectivity index is 2.18. The Hall–Kier alpha value is -1.84. The van der Waals surface area contributed by atoms with E-state index in [0.29, 0.717) is 12.6 Å². The van der Waals surface area contributed by atoms with Crippen molar-refractivity contribution in [2.24, 2.45) is 0 Å². The van der Waals surface area contributed by atoms with E-state index < -0.39 is 12.2 Å². The summed E-state index contributed by atoms with van der Waals surface area (Å²) in [6.07, 6.45) is -1.01. The Labute approximate surface area is 133 Å². The molecule has 118 valence electrons. The van der Waals surface area contributed by atoms with Crippen molar-refractivity contribution in [3.63, 3.8) is 0 Å². The van der Waals surface area contributed by atoms with E-state index in [1.165, 1.54) is 0 Å². The van der Waals surface area contributed by atoms with Gasteiger partial charge in [-0.1, -0.05) is 56.3 Å². The third-order valence-corrected chi connectivity index (χ3v) is 3.47. The van der Waals surface area contributed by atoms with Crippen LogP contribution in [0.15, 0.2) is 54.6 Å². The number of ether oxygens (including phenoxy) is 1. The first-order chi connectivity index (χ1) is 10.6. The summed E-state index contributed by atoms with van der Waals surface area (Å²) in [5.41, 5.74) is 2.11. The topological polar surface area (TPSA) is 41.5 Å². The van der Waals surface area contributed by atoms with Gasteiger partial charge in [0.2, 0.25) is 0 Å². The number of benzene rings is 2. The summed E-state index contributed by atoms with van der Waals surface area (Å²) >= 11 is 0. The van der Waals surface area contributed by atoms with Gasteiger partial charge in [-0.25, -0.2) is 0 Å². The van der Waals surface area contributed by atoms with Gasteiger partial charge in [0.15, 0.2) is 6.10 Å². The molecule has 2 atom stereocenters. The fourth-order valence-electron chi connectivity index (χ4n) is 2.31. The zero-order chi connectivity index (χ0) is 15.9. The molecule has 0 aromatic heterocycles. The number of hydrogen-bond acceptors (Lipinski definition) is 3. The fraction of sp³-hybridized carbons (Fsp3) is 0.368. The summed E-state index contributed by atoms with van der Waals surface area (Å²) in [5, 5.41) is 13.8. The normalized spacial score (nSPS) is 13.9. The maximum absolute atomic E-state index is 10.6. The Kier molecular flexibility index (Phi) is 5.99. The van der Waals surface area contributed by atoms with Crippen LogP contribution in [0.3, 0.4) is 0 Å². The Morgan fingerprint density at radius 2 is 1.77 bits per heavy atom. The zero-order valence-electron chi connectivity index (χ0n) is 13.5. The lowest BCUT2D eigenvalue weighted by Crippen LogP contribution is -2.37. The van der Waals surface area contributed by atoms with Gasteiger partial charge >= 0.3 is 0 Å². The molecule has 2 aromatic rings. The molecule has 0 saturated carbocycles. The van der Waals surface area contributed by atoms with Crippen molar-refractivity contribution in [2.45, 2.75) is 39.0 Å². The molecule has 0 aliphatic carbocycles. The van der Waals surface area contributed by atoms with Crippen molar-refractivity contribution in [1.29, 1.82) is 0 Å². The molecule has 2 aromatic carbocycles. The van der Waals surface area contributed by atoms with Crippen LogP contribution >= 0.6 is 0 Å². The second-order valence-electron chi connectivity index (χ2n) is 5.90. The van der Waals surface area contributed by atoms with Gasteiger partial charge in [0.1, 0.15) is 11.9 Å². The monoisotopic (exact) mass is 299 g/mol. The second kappa shape index (κ2) is 7.97. The number of nitrogens with one attached hydrogen (secondary N) is 1. The molecule has 0 spiro atoms. The van der Waals surface area contributed by atoms with E-state index in [2.05, 4.69) is 19.2 Å². The minimum Gasteiger partial charge on any atom is -0.483 e. The molecule has 0 amide bonds. The number of hydrogen-bond donors (Lipinski definition) is 2. The van der Waals surface area contributed by atoms with Gasteiger partial charge in [0.05, 0.1) is 0 Å². The molecule has 0 radical (unpaired) electrons. The van der Waals surface area contributed by atoms with E-state index >= 15 is 0 Å². The highest BCUT2D eigenvalue weighted by Crippen LogP contribution is 2.25. The maximum Gasteiger partial charge on any atom is 0.151 e. The summed E-state index contributed by atoms with van der Waals surface area (Å²) in [6.45, 7) is 6.64. The lowest BCUT2D eigenvalue weighted by molar-refractivity contribution is 0.0345. The summed E-state index contributed by atoms with van der Waals surface area (Å²) in [4.78, 5) is 0. The van der Waals surface area contributed by atoms with E-state index in [-0.39, 0.29) is 0 Å². The van der Waals surface area contributed by atoms with E-state index in [0.717, 1.165) is 16.9 Å². The van der Waals surface area contributed by atoms with Crippen LogP contribution in [0, 0.1) is 6.92 Å². The zero-order valence-corrected chi connectivity index (χ0v) is 13.5. The molecule has 2 unspecified atom stereocenters. The Morgan fingerprint density at radius 1 is 1.05 bits per heavy atom. The lowest BCUT2D eigenvalue weighted by atomic mass is 10.0. The Morgan fingerprint density at radius 3 is 2.41 bits per heavy atom. The molecule has 0 saturated heterocycles. The van der Waals surface area contributed by atoms with Gasteiger partial charge in [-0.05, 0) is 30.2 Å². The molecule has 3 heteroatoms. The molecule has 3 nitrogen and oxygen atoms in total. The highest BCUT2D eigenvalue weighted by atomic mass is 16.5. The van der Waals surface area contributed by atoms with Crippen molar-refractivity contribution in [1.82, 2.24) is 5.32 Å². The van der Waals surface area contributed by atoms with Crippen molar-refractivity contribution in [3.05, 3.63) is 65.7 Å². The summed E-state index contributed by atoms with van der Waals surface area (Å²) in [7, 11) is 0. The van der Waals surface area contributed by atoms with Crippen LogP contribution in [0.1, 0.15) is 31.1 Å². The average Bonchev–Trinajstić information content (AvgIpc) is 2.51. The summed E-state index contributed by atoms with van der Waals surface area (Å²) in [6, 6.07) is 18.1. The van der Waals surface area contributed by atoms with E-state index in [9.17, 15) is 5.11 Å². The molecular formula is C19H25NO2. The smallest absolute Gasteiger partial charge is 0.151 e. The van der Waals surface area contributed by atoms with Gasteiger partial charge in [-0.3, -0.25) is 0 Å². The van der Waals surface area contributed by atoms with Gasteiger partial charge < -0.3 is 15.2 Å². The highest BCUT2D eigenvalue weighted by Gasteiger charge is 2.23. The molecule has 2 N–H and O–H groups in total. The first-order valence-corrected chi connectivity index (χ1v) is 7.76. The predicted octanol–water partition coefficient (Wildman–Crippen LogP) is 3.47. The SMILES string of the molecule is Cc1cccc(OC(c2ccccc2)C(O)CNC(C)C)c1. The Bertz CT molecular complexity index is 569. The molecule has 0 bridgehead atoms. The standard InChI is InChI=1S/C19H25NO2/c1-14(2)20-13-18(21)19(16-9-5-4-6-10-16)22-17-11-7-8-15(3)12-17/h4-12,14,18-21H,13H2,1-3H3. The van der Waals surface area contributed by atoms with Crippen LogP contribution < -0.4 is 10.1 Å².